The summed E-state index contributed by atoms with van der Waals surface area (Å²) in [5.74, 6) is -0.492. The quantitative estimate of drug-likeness (QED) is 0.280. The lowest BCUT2D eigenvalue weighted by molar-refractivity contribution is -0.384. The van der Waals surface area contributed by atoms with Crippen molar-refractivity contribution in [2.45, 2.75) is 12.8 Å². The Morgan fingerprint density at radius 1 is 1.03 bits per heavy atom. The molecule has 1 saturated heterocycles. The van der Waals surface area contributed by atoms with E-state index in [0.29, 0.717) is 17.2 Å². The summed E-state index contributed by atoms with van der Waals surface area (Å²) in [7, 11) is 2.90. The van der Waals surface area contributed by atoms with Crippen LogP contribution in [0.2, 0.25) is 0 Å². The van der Waals surface area contributed by atoms with Gasteiger partial charge in [-0.3, -0.25) is 14.9 Å². The standard InChI is InChI=1S/C21H22N2O7/c1-28-15-6-8-20(29-2)17(12-15)19(24)13-30-21(25)16-11-14(23(26)27)5-7-18(16)22-9-3-4-10-22/h5-8,11-12H,3-4,9-10,13H2,1-2H3. The summed E-state index contributed by atoms with van der Waals surface area (Å²) >= 11 is 0. The number of carbonyl (C=O) groups is 2. The van der Waals surface area contributed by atoms with Crippen molar-refractivity contribution in [2.24, 2.45) is 0 Å². The van der Waals surface area contributed by atoms with E-state index in [-0.39, 0.29) is 16.8 Å². The molecule has 3 rings (SSSR count). The number of hydrogen-bond donors (Lipinski definition) is 0. The minimum atomic E-state index is -0.796. The summed E-state index contributed by atoms with van der Waals surface area (Å²) in [4.78, 5) is 37.9. The molecule has 1 heterocycles. The molecule has 0 aliphatic carbocycles. The molecule has 0 bridgehead atoms. The van der Waals surface area contributed by atoms with Crippen LogP contribution < -0.4 is 14.4 Å². The summed E-state index contributed by atoms with van der Waals surface area (Å²) in [6, 6.07) is 8.82. The van der Waals surface area contributed by atoms with Crippen LogP contribution in [0.1, 0.15) is 33.6 Å². The second kappa shape index (κ2) is 9.25. The molecule has 2 aromatic rings. The van der Waals surface area contributed by atoms with Gasteiger partial charge in [-0.1, -0.05) is 0 Å². The molecule has 9 heteroatoms. The van der Waals surface area contributed by atoms with Gasteiger partial charge in [-0.25, -0.2) is 4.79 Å². The number of ketones is 1. The first-order valence-corrected chi connectivity index (χ1v) is 9.40. The van der Waals surface area contributed by atoms with Crippen LogP contribution in [0.3, 0.4) is 0 Å². The lowest BCUT2D eigenvalue weighted by atomic mass is 10.1. The van der Waals surface area contributed by atoms with Crippen molar-refractivity contribution in [3.05, 3.63) is 57.6 Å². The van der Waals surface area contributed by atoms with E-state index >= 15 is 0 Å². The first kappa shape index (κ1) is 21.1. The number of benzene rings is 2. The van der Waals surface area contributed by atoms with E-state index in [1.807, 2.05) is 4.90 Å². The number of non-ortho nitro benzene ring substituents is 1. The number of Topliss-reactive ketones (excluding diaryl/α,β-unsaturated/α-hetero) is 1. The number of rotatable bonds is 8. The third-order valence-electron chi connectivity index (χ3n) is 4.90. The molecule has 0 saturated carbocycles. The van der Waals surface area contributed by atoms with Crippen LogP contribution in [0.25, 0.3) is 0 Å². The molecule has 9 nitrogen and oxygen atoms in total. The van der Waals surface area contributed by atoms with Gasteiger partial charge in [0.1, 0.15) is 11.5 Å². The molecule has 158 valence electrons. The van der Waals surface area contributed by atoms with Crippen molar-refractivity contribution in [1.82, 2.24) is 0 Å². The maximum atomic E-state index is 12.7. The number of nitro groups is 1. The van der Waals surface area contributed by atoms with Crippen molar-refractivity contribution < 1.29 is 28.7 Å². The Morgan fingerprint density at radius 3 is 2.40 bits per heavy atom. The smallest absolute Gasteiger partial charge is 0.340 e. The largest absolute Gasteiger partial charge is 0.497 e. The van der Waals surface area contributed by atoms with E-state index in [4.69, 9.17) is 14.2 Å². The summed E-state index contributed by atoms with van der Waals surface area (Å²) < 4.78 is 15.5. The highest BCUT2D eigenvalue weighted by Crippen LogP contribution is 2.29. The fraction of sp³-hybridized carbons (Fsp3) is 0.333. The summed E-state index contributed by atoms with van der Waals surface area (Å²) in [6.07, 6.45) is 1.94. The number of anilines is 1. The van der Waals surface area contributed by atoms with Gasteiger partial charge in [0.15, 0.2) is 6.61 Å². The van der Waals surface area contributed by atoms with Crippen molar-refractivity contribution in [3.8, 4) is 11.5 Å². The summed E-state index contributed by atoms with van der Waals surface area (Å²) in [5.41, 5.74) is 0.625. The van der Waals surface area contributed by atoms with Crippen molar-refractivity contribution in [1.29, 1.82) is 0 Å². The van der Waals surface area contributed by atoms with Gasteiger partial charge < -0.3 is 19.1 Å². The predicted molar refractivity (Wildman–Crippen MR) is 109 cm³/mol. The van der Waals surface area contributed by atoms with Crippen LogP contribution in [-0.2, 0) is 4.74 Å². The lowest BCUT2D eigenvalue weighted by Gasteiger charge is -2.20. The Labute approximate surface area is 173 Å². The minimum absolute atomic E-state index is 0.0662. The number of carbonyl (C=O) groups excluding carboxylic acids is 2. The van der Waals surface area contributed by atoms with E-state index in [0.717, 1.165) is 25.9 Å². The second-order valence-corrected chi connectivity index (χ2v) is 6.72. The van der Waals surface area contributed by atoms with Crippen LogP contribution in [0.5, 0.6) is 11.5 Å². The fourth-order valence-electron chi connectivity index (χ4n) is 3.35. The van der Waals surface area contributed by atoms with Gasteiger partial charge in [0.05, 0.1) is 36.0 Å². The number of hydrogen-bond acceptors (Lipinski definition) is 8. The Bertz CT molecular complexity index is 968. The average Bonchev–Trinajstić information content (AvgIpc) is 3.31. The molecular weight excluding hydrogens is 392 g/mol. The molecule has 0 amide bonds. The Hall–Kier alpha value is -3.62. The maximum absolute atomic E-state index is 12.7. The van der Waals surface area contributed by atoms with E-state index in [1.165, 1.54) is 32.4 Å². The first-order valence-electron chi connectivity index (χ1n) is 9.40. The number of ether oxygens (including phenoxy) is 3. The van der Waals surface area contributed by atoms with Gasteiger partial charge in [0, 0.05) is 25.2 Å². The van der Waals surface area contributed by atoms with Gasteiger partial charge in [-0.2, -0.15) is 0 Å². The Balaban J connectivity index is 1.81. The van der Waals surface area contributed by atoms with Crippen molar-refractivity contribution >= 4 is 23.1 Å². The molecule has 30 heavy (non-hydrogen) atoms. The molecule has 1 aliphatic rings. The third-order valence-corrected chi connectivity index (χ3v) is 4.90. The van der Waals surface area contributed by atoms with Gasteiger partial charge in [0.2, 0.25) is 5.78 Å². The topological polar surface area (TPSA) is 108 Å². The molecule has 0 spiro atoms. The molecule has 0 atom stereocenters. The minimum Gasteiger partial charge on any atom is -0.497 e. The number of methoxy groups -OCH3 is 2. The van der Waals surface area contributed by atoms with E-state index < -0.39 is 23.3 Å². The molecule has 1 aliphatic heterocycles. The van der Waals surface area contributed by atoms with Crippen LogP contribution in [0.15, 0.2) is 36.4 Å². The van der Waals surface area contributed by atoms with E-state index in [2.05, 4.69) is 0 Å². The maximum Gasteiger partial charge on any atom is 0.340 e. The molecule has 0 radical (unpaired) electrons. The highest BCUT2D eigenvalue weighted by Gasteiger charge is 2.24. The fourth-order valence-corrected chi connectivity index (χ4v) is 3.35. The van der Waals surface area contributed by atoms with Crippen LogP contribution >= 0.6 is 0 Å². The number of nitrogens with zero attached hydrogens (tertiary/aromatic N) is 2. The van der Waals surface area contributed by atoms with Crippen LogP contribution in [-0.4, -0.2) is 50.6 Å². The number of nitro benzene ring substituents is 1. The average molecular weight is 414 g/mol. The van der Waals surface area contributed by atoms with Gasteiger partial charge in [-0.15, -0.1) is 0 Å². The van der Waals surface area contributed by atoms with Crippen LogP contribution in [0, 0.1) is 10.1 Å². The number of esters is 1. The molecule has 0 unspecified atom stereocenters. The van der Waals surface area contributed by atoms with Gasteiger partial charge in [0.25, 0.3) is 5.69 Å². The monoisotopic (exact) mass is 414 g/mol. The van der Waals surface area contributed by atoms with Gasteiger partial charge in [-0.05, 0) is 37.1 Å². The van der Waals surface area contributed by atoms with E-state index in [9.17, 15) is 19.7 Å². The SMILES string of the molecule is COc1ccc(OC)c(C(=O)COC(=O)c2cc([N+](=O)[O-])ccc2N2CCCC2)c1. The van der Waals surface area contributed by atoms with Gasteiger partial charge >= 0.3 is 5.97 Å². The zero-order valence-electron chi connectivity index (χ0n) is 16.8. The molecule has 0 aromatic heterocycles. The highest BCUT2D eigenvalue weighted by molar-refractivity contribution is 6.03. The van der Waals surface area contributed by atoms with E-state index in [1.54, 1.807) is 18.2 Å². The molecule has 1 fully saturated rings. The Morgan fingerprint density at radius 2 is 1.77 bits per heavy atom. The highest BCUT2D eigenvalue weighted by atomic mass is 16.6. The molecular formula is C21H22N2O7. The zero-order valence-corrected chi connectivity index (χ0v) is 16.8. The van der Waals surface area contributed by atoms with Crippen LogP contribution in [0.4, 0.5) is 11.4 Å². The second-order valence-electron chi connectivity index (χ2n) is 6.72. The Kier molecular flexibility index (Phi) is 6.51. The normalized spacial score (nSPS) is 13.1. The summed E-state index contributed by atoms with van der Waals surface area (Å²) in [6.45, 7) is 0.959. The summed E-state index contributed by atoms with van der Waals surface area (Å²) in [5, 5.41) is 11.2. The third kappa shape index (κ3) is 4.51. The van der Waals surface area contributed by atoms with Crippen molar-refractivity contribution in [2.75, 3.05) is 38.8 Å². The van der Waals surface area contributed by atoms with Crippen molar-refractivity contribution in [3.63, 3.8) is 0 Å². The molecule has 2 aromatic carbocycles. The molecule has 0 N–H and O–H groups in total. The predicted octanol–water partition coefficient (Wildman–Crippen LogP) is 3.25. The first-order chi connectivity index (χ1) is 14.4. The zero-order chi connectivity index (χ0) is 21.7. The lowest BCUT2D eigenvalue weighted by Crippen LogP contribution is -2.22.